The molecule has 0 aliphatic carbocycles. The van der Waals surface area contributed by atoms with Crippen molar-refractivity contribution in [2.45, 2.75) is 46.5 Å². The summed E-state index contributed by atoms with van der Waals surface area (Å²) in [5.74, 6) is -0.385. The van der Waals surface area contributed by atoms with Crippen LogP contribution in [0.1, 0.15) is 64.0 Å². The lowest BCUT2D eigenvalue weighted by atomic mass is 10.1. The number of hydrogen-bond donors (Lipinski definition) is 2. The van der Waals surface area contributed by atoms with Crippen LogP contribution in [0.2, 0.25) is 0 Å². The van der Waals surface area contributed by atoms with Crippen molar-refractivity contribution in [3.63, 3.8) is 0 Å². The molecule has 6 nitrogen and oxygen atoms in total. The highest BCUT2D eigenvalue weighted by molar-refractivity contribution is 6.02. The topological polar surface area (TPSA) is 81.8 Å². The van der Waals surface area contributed by atoms with E-state index in [1.54, 1.807) is 24.1 Å². The molecule has 0 unspecified atom stereocenters. The van der Waals surface area contributed by atoms with E-state index in [9.17, 15) is 14.0 Å². The summed E-state index contributed by atoms with van der Waals surface area (Å²) in [6.07, 6.45) is 3.70. The maximum atomic E-state index is 13.1. The fraction of sp³-hybridized carbons (Fsp3) is 0.375. The van der Waals surface area contributed by atoms with E-state index < -0.39 is 0 Å². The molecule has 1 aromatic carbocycles. The maximum absolute atomic E-state index is 13.1. The SMILES string of the molecule is CC(=O)c1c(C)[nH]c(C(=O)N(C)CCCCCc2cc(-c3ccc(F)cc3)n[nH]2)c1C. The fourth-order valence-corrected chi connectivity index (χ4v) is 3.88. The van der Waals surface area contributed by atoms with E-state index in [-0.39, 0.29) is 17.5 Å². The van der Waals surface area contributed by atoms with Crippen molar-refractivity contribution in [1.82, 2.24) is 20.1 Å². The zero-order valence-electron chi connectivity index (χ0n) is 18.5. The molecule has 0 saturated heterocycles. The molecule has 0 bridgehead atoms. The van der Waals surface area contributed by atoms with E-state index in [2.05, 4.69) is 15.2 Å². The van der Waals surface area contributed by atoms with Crippen molar-refractivity contribution < 1.29 is 14.0 Å². The number of carbonyl (C=O) groups excluding carboxylic acids is 2. The minimum Gasteiger partial charge on any atom is -0.354 e. The molecule has 0 radical (unpaired) electrons. The fourth-order valence-electron chi connectivity index (χ4n) is 3.88. The number of carbonyl (C=O) groups is 2. The van der Waals surface area contributed by atoms with E-state index in [0.29, 0.717) is 17.8 Å². The molecule has 2 heterocycles. The molecule has 3 rings (SSSR count). The molecule has 0 aliphatic rings. The summed E-state index contributed by atoms with van der Waals surface area (Å²) in [6.45, 7) is 5.79. The lowest BCUT2D eigenvalue weighted by molar-refractivity contribution is 0.0786. The van der Waals surface area contributed by atoms with Gasteiger partial charge in [-0.05, 0) is 75.9 Å². The number of halogens is 1. The van der Waals surface area contributed by atoms with E-state index in [1.165, 1.54) is 19.1 Å². The largest absolute Gasteiger partial charge is 0.354 e. The standard InChI is InChI=1S/C24H29FN4O2/c1-15-22(17(3)30)16(2)26-23(15)24(31)29(4)13-7-5-6-8-20-14-21(28-27-20)18-9-11-19(25)12-10-18/h9-12,14,26H,5-8,13H2,1-4H3,(H,27,28). The lowest BCUT2D eigenvalue weighted by Crippen LogP contribution is -2.28. The number of nitrogens with one attached hydrogen (secondary N) is 2. The third kappa shape index (κ3) is 5.29. The Labute approximate surface area is 181 Å². The van der Waals surface area contributed by atoms with Crippen molar-refractivity contribution in [3.8, 4) is 11.3 Å². The summed E-state index contributed by atoms with van der Waals surface area (Å²) in [6, 6.07) is 8.28. The predicted molar refractivity (Wildman–Crippen MR) is 119 cm³/mol. The van der Waals surface area contributed by atoms with Crippen LogP contribution in [0, 0.1) is 19.7 Å². The second-order valence-corrected chi connectivity index (χ2v) is 8.00. The zero-order chi connectivity index (χ0) is 22.5. The Kier molecular flexibility index (Phi) is 7.05. The van der Waals surface area contributed by atoms with Gasteiger partial charge in [0.25, 0.3) is 5.91 Å². The molecule has 31 heavy (non-hydrogen) atoms. The minimum atomic E-state index is -0.260. The van der Waals surface area contributed by atoms with E-state index in [4.69, 9.17) is 0 Å². The Morgan fingerprint density at radius 1 is 1.10 bits per heavy atom. The summed E-state index contributed by atoms with van der Waals surface area (Å²) in [4.78, 5) is 29.3. The molecule has 0 saturated carbocycles. The highest BCUT2D eigenvalue weighted by Gasteiger charge is 2.21. The van der Waals surface area contributed by atoms with Gasteiger partial charge in [-0.1, -0.05) is 6.42 Å². The number of aromatic nitrogens is 3. The van der Waals surface area contributed by atoms with Gasteiger partial charge < -0.3 is 9.88 Å². The second-order valence-electron chi connectivity index (χ2n) is 8.00. The molecule has 0 atom stereocenters. The van der Waals surface area contributed by atoms with Crippen molar-refractivity contribution in [2.75, 3.05) is 13.6 Å². The van der Waals surface area contributed by atoms with Gasteiger partial charge in [0.1, 0.15) is 11.5 Å². The first-order valence-electron chi connectivity index (χ1n) is 10.5. The summed E-state index contributed by atoms with van der Waals surface area (Å²) >= 11 is 0. The van der Waals surface area contributed by atoms with Crippen LogP contribution >= 0.6 is 0 Å². The molecule has 2 N–H and O–H groups in total. The summed E-state index contributed by atoms with van der Waals surface area (Å²) < 4.78 is 13.1. The molecule has 7 heteroatoms. The van der Waals surface area contributed by atoms with Crippen LogP contribution in [0.5, 0.6) is 0 Å². The van der Waals surface area contributed by atoms with Crippen LogP contribution in [0.4, 0.5) is 4.39 Å². The number of H-pyrrole nitrogens is 2. The quantitative estimate of drug-likeness (QED) is 0.381. The lowest BCUT2D eigenvalue weighted by Gasteiger charge is -2.17. The molecular formula is C24H29FN4O2. The first kappa shape index (κ1) is 22.5. The van der Waals surface area contributed by atoms with Crippen molar-refractivity contribution in [3.05, 3.63) is 64.4 Å². The van der Waals surface area contributed by atoms with Crippen molar-refractivity contribution in [1.29, 1.82) is 0 Å². The molecule has 0 fully saturated rings. The van der Waals surface area contributed by atoms with Gasteiger partial charge in [-0.2, -0.15) is 5.10 Å². The number of aromatic amines is 2. The number of nitrogens with zero attached hydrogens (tertiary/aromatic N) is 2. The highest BCUT2D eigenvalue weighted by atomic mass is 19.1. The molecule has 1 amide bonds. The predicted octanol–water partition coefficient (Wildman–Crippen LogP) is 4.85. The van der Waals surface area contributed by atoms with Gasteiger partial charge in [0.2, 0.25) is 0 Å². The molecule has 0 aliphatic heterocycles. The molecule has 0 spiro atoms. The van der Waals surface area contributed by atoms with Crippen LogP contribution in [0.25, 0.3) is 11.3 Å². The number of benzene rings is 1. The molecular weight excluding hydrogens is 395 g/mol. The monoisotopic (exact) mass is 424 g/mol. The van der Waals surface area contributed by atoms with Gasteiger partial charge in [0.15, 0.2) is 5.78 Å². The van der Waals surface area contributed by atoms with Crippen LogP contribution in [-0.2, 0) is 6.42 Å². The molecule has 3 aromatic rings. The number of Topliss-reactive ketones (excluding diaryl/α,β-unsaturated/α-hetero) is 1. The number of aryl methyl sites for hydroxylation is 2. The number of hydrogen-bond acceptors (Lipinski definition) is 3. The van der Waals surface area contributed by atoms with Gasteiger partial charge in [-0.15, -0.1) is 0 Å². The first-order chi connectivity index (χ1) is 14.8. The number of unbranched alkanes of at least 4 members (excludes halogenated alkanes) is 2. The smallest absolute Gasteiger partial charge is 0.270 e. The summed E-state index contributed by atoms with van der Waals surface area (Å²) in [5.41, 5.74) is 5.29. The van der Waals surface area contributed by atoms with Gasteiger partial charge in [-0.3, -0.25) is 14.7 Å². The Hall–Kier alpha value is -3.22. The van der Waals surface area contributed by atoms with E-state index in [0.717, 1.165) is 53.9 Å². The Morgan fingerprint density at radius 3 is 2.45 bits per heavy atom. The second kappa shape index (κ2) is 9.73. The Morgan fingerprint density at radius 2 is 1.81 bits per heavy atom. The highest BCUT2D eigenvalue weighted by Crippen LogP contribution is 2.21. The van der Waals surface area contributed by atoms with Crippen LogP contribution < -0.4 is 0 Å². The Balaban J connectivity index is 1.45. The van der Waals surface area contributed by atoms with Gasteiger partial charge in [0.05, 0.1) is 5.69 Å². The minimum absolute atomic E-state index is 0.0330. The van der Waals surface area contributed by atoms with Gasteiger partial charge in [-0.25, -0.2) is 4.39 Å². The maximum Gasteiger partial charge on any atom is 0.270 e. The van der Waals surface area contributed by atoms with Crippen molar-refractivity contribution >= 4 is 11.7 Å². The van der Waals surface area contributed by atoms with Gasteiger partial charge >= 0.3 is 0 Å². The van der Waals surface area contributed by atoms with E-state index >= 15 is 0 Å². The van der Waals surface area contributed by atoms with Crippen LogP contribution in [-0.4, -0.2) is 45.4 Å². The third-order valence-electron chi connectivity index (χ3n) is 5.56. The van der Waals surface area contributed by atoms with Crippen LogP contribution in [0.15, 0.2) is 30.3 Å². The number of amides is 1. The Bertz CT molecular complexity index is 1070. The zero-order valence-corrected chi connectivity index (χ0v) is 18.5. The first-order valence-corrected chi connectivity index (χ1v) is 10.5. The normalized spacial score (nSPS) is 11.0. The van der Waals surface area contributed by atoms with E-state index in [1.807, 2.05) is 19.9 Å². The molecule has 2 aromatic heterocycles. The average Bonchev–Trinajstić information content (AvgIpc) is 3.31. The number of ketones is 1. The third-order valence-corrected chi connectivity index (χ3v) is 5.56. The average molecular weight is 425 g/mol. The molecule has 164 valence electrons. The summed E-state index contributed by atoms with van der Waals surface area (Å²) in [7, 11) is 1.79. The van der Waals surface area contributed by atoms with Crippen molar-refractivity contribution in [2.24, 2.45) is 0 Å². The summed E-state index contributed by atoms with van der Waals surface area (Å²) in [5, 5.41) is 7.34. The van der Waals surface area contributed by atoms with Gasteiger partial charge in [0, 0.05) is 36.1 Å². The van der Waals surface area contributed by atoms with Crippen LogP contribution in [0.3, 0.4) is 0 Å². The number of rotatable bonds is 9.